The zero-order valence-corrected chi connectivity index (χ0v) is 11.6. The minimum absolute atomic E-state index is 0.0984. The Morgan fingerprint density at radius 2 is 1.89 bits per heavy atom. The van der Waals surface area contributed by atoms with Crippen LogP contribution in [-0.4, -0.2) is 53.9 Å². The number of carboxylic acid groups (broad SMARTS) is 1. The molecular formula is C12H24N2O4. The van der Waals surface area contributed by atoms with E-state index in [1.165, 1.54) is 4.90 Å². The molecule has 0 saturated carbocycles. The van der Waals surface area contributed by atoms with Crippen molar-refractivity contribution >= 4 is 12.0 Å². The van der Waals surface area contributed by atoms with Crippen LogP contribution >= 0.6 is 0 Å². The highest BCUT2D eigenvalue weighted by molar-refractivity contribution is 5.75. The zero-order chi connectivity index (χ0) is 14.3. The van der Waals surface area contributed by atoms with E-state index >= 15 is 0 Å². The quantitative estimate of drug-likeness (QED) is 0.657. The summed E-state index contributed by atoms with van der Waals surface area (Å²) >= 11 is 0. The van der Waals surface area contributed by atoms with Crippen LogP contribution in [0.5, 0.6) is 0 Å². The second kappa shape index (κ2) is 7.20. The minimum atomic E-state index is -0.907. The summed E-state index contributed by atoms with van der Waals surface area (Å²) in [7, 11) is 1.55. The van der Waals surface area contributed by atoms with Gasteiger partial charge < -0.3 is 20.4 Å². The maximum atomic E-state index is 11.5. The standard InChI is InChI=1S/C12H24N2O4/c1-12(2,3)7-9(10(16)17)8-13-11(18)14(4)5-6-15/h9,15H,5-8H2,1-4H3,(H,13,18)(H,16,17). The van der Waals surface area contributed by atoms with Crippen molar-refractivity contribution in [2.24, 2.45) is 11.3 Å². The number of aliphatic hydroxyl groups excluding tert-OH is 1. The average molecular weight is 260 g/mol. The Labute approximate surface area is 108 Å². The van der Waals surface area contributed by atoms with Crippen LogP contribution in [0.15, 0.2) is 0 Å². The molecule has 0 aromatic carbocycles. The molecular weight excluding hydrogens is 236 g/mol. The van der Waals surface area contributed by atoms with Gasteiger partial charge in [0.2, 0.25) is 0 Å². The Kier molecular flexibility index (Phi) is 6.68. The molecule has 0 aliphatic carbocycles. The zero-order valence-electron chi connectivity index (χ0n) is 11.6. The molecule has 6 heteroatoms. The molecule has 0 aromatic heterocycles. The van der Waals surface area contributed by atoms with Gasteiger partial charge in [0, 0.05) is 20.1 Å². The summed E-state index contributed by atoms with van der Waals surface area (Å²) in [4.78, 5) is 23.9. The lowest BCUT2D eigenvalue weighted by molar-refractivity contribution is -0.142. The summed E-state index contributed by atoms with van der Waals surface area (Å²) in [5.74, 6) is -1.51. The maximum Gasteiger partial charge on any atom is 0.317 e. The summed E-state index contributed by atoms with van der Waals surface area (Å²) in [6.45, 7) is 6.09. The number of aliphatic hydroxyl groups is 1. The molecule has 3 N–H and O–H groups in total. The van der Waals surface area contributed by atoms with Crippen LogP contribution in [0.25, 0.3) is 0 Å². The number of nitrogens with one attached hydrogen (secondary N) is 1. The third kappa shape index (κ3) is 7.11. The second-order valence-corrected chi connectivity index (χ2v) is 5.63. The topological polar surface area (TPSA) is 89.9 Å². The number of carboxylic acids is 1. The predicted octanol–water partition coefficient (Wildman–Crippen LogP) is 0.757. The van der Waals surface area contributed by atoms with Gasteiger partial charge in [0.05, 0.1) is 12.5 Å². The van der Waals surface area contributed by atoms with Gasteiger partial charge in [0.1, 0.15) is 0 Å². The highest BCUT2D eigenvalue weighted by Crippen LogP contribution is 2.24. The van der Waals surface area contributed by atoms with E-state index in [4.69, 9.17) is 10.2 Å². The maximum absolute atomic E-state index is 11.5. The predicted molar refractivity (Wildman–Crippen MR) is 68.3 cm³/mol. The molecule has 2 amide bonds. The first-order valence-electron chi connectivity index (χ1n) is 6.00. The van der Waals surface area contributed by atoms with E-state index in [-0.39, 0.29) is 31.1 Å². The number of hydrogen-bond donors (Lipinski definition) is 3. The molecule has 0 aliphatic rings. The van der Waals surface area contributed by atoms with Crippen LogP contribution in [0.2, 0.25) is 0 Å². The molecule has 0 aromatic rings. The molecule has 0 spiro atoms. The third-order valence-corrected chi connectivity index (χ3v) is 2.49. The first kappa shape index (κ1) is 16.7. The van der Waals surface area contributed by atoms with Crippen molar-refractivity contribution in [1.82, 2.24) is 10.2 Å². The Morgan fingerprint density at radius 3 is 2.28 bits per heavy atom. The monoisotopic (exact) mass is 260 g/mol. The van der Waals surface area contributed by atoms with Gasteiger partial charge in [0.25, 0.3) is 0 Å². The average Bonchev–Trinajstić information content (AvgIpc) is 2.22. The highest BCUT2D eigenvalue weighted by Gasteiger charge is 2.25. The number of carbonyl (C=O) groups excluding carboxylic acids is 1. The van der Waals surface area contributed by atoms with Crippen LogP contribution < -0.4 is 5.32 Å². The number of aliphatic carboxylic acids is 1. The number of urea groups is 1. The highest BCUT2D eigenvalue weighted by atomic mass is 16.4. The normalized spacial score (nSPS) is 12.9. The Balaban J connectivity index is 4.28. The van der Waals surface area contributed by atoms with Gasteiger partial charge in [-0.25, -0.2) is 4.79 Å². The Hall–Kier alpha value is -1.30. The SMILES string of the molecule is CN(CCO)C(=O)NCC(CC(C)(C)C)C(=O)O. The van der Waals surface area contributed by atoms with Crippen LogP contribution in [0.3, 0.4) is 0 Å². The first-order chi connectivity index (χ1) is 8.17. The molecule has 0 rings (SSSR count). The second-order valence-electron chi connectivity index (χ2n) is 5.63. The fraction of sp³-hybridized carbons (Fsp3) is 0.833. The van der Waals surface area contributed by atoms with Gasteiger partial charge in [-0.15, -0.1) is 0 Å². The molecule has 1 unspecified atom stereocenters. The first-order valence-corrected chi connectivity index (χ1v) is 6.00. The number of hydrogen-bond acceptors (Lipinski definition) is 3. The third-order valence-electron chi connectivity index (χ3n) is 2.49. The molecule has 0 bridgehead atoms. The summed E-state index contributed by atoms with van der Waals surface area (Å²) in [5, 5.41) is 20.3. The largest absolute Gasteiger partial charge is 0.481 e. The van der Waals surface area contributed by atoms with E-state index in [9.17, 15) is 9.59 Å². The molecule has 0 radical (unpaired) electrons. The molecule has 1 atom stereocenters. The molecule has 0 heterocycles. The molecule has 0 saturated heterocycles. The van der Waals surface area contributed by atoms with Gasteiger partial charge in [-0.2, -0.15) is 0 Å². The molecule has 0 aliphatic heterocycles. The van der Waals surface area contributed by atoms with Crippen molar-refractivity contribution < 1.29 is 19.8 Å². The van der Waals surface area contributed by atoms with E-state index in [0.717, 1.165) is 0 Å². The van der Waals surface area contributed by atoms with E-state index in [0.29, 0.717) is 6.42 Å². The van der Waals surface area contributed by atoms with Gasteiger partial charge in [-0.1, -0.05) is 20.8 Å². The summed E-state index contributed by atoms with van der Waals surface area (Å²) < 4.78 is 0. The van der Waals surface area contributed by atoms with E-state index in [2.05, 4.69) is 5.32 Å². The van der Waals surface area contributed by atoms with Gasteiger partial charge in [0.15, 0.2) is 0 Å². The van der Waals surface area contributed by atoms with Crippen molar-refractivity contribution in [2.45, 2.75) is 27.2 Å². The van der Waals surface area contributed by atoms with E-state index in [1.807, 2.05) is 20.8 Å². The lowest BCUT2D eigenvalue weighted by atomic mass is 9.84. The van der Waals surface area contributed by atoms with Crippen molar-refractivity contribution in [3.63, 3.8) is 0 Å². The summed E-state index contributed by atoms with van der Waals surface area (Å²) in [5.41, 5.74) is -0.106. The number of nitrogens with zero attached hydrogens (tertiary/aromatic N) is 1. The molecule has 18 heavy (non-hydrogen) atoms. The molecule has 0 fully saturated rings. The lowest BCUT2D eigenvalue weighted by Gasteiger charge is -2.24. The smallest absolute Gasteiger partial charge is 0.317 e. The van der Waals surface area contributed by atoms with Gasteiger partial charge in [-0.05, 0) is 11.8 Å². The lowest BCUT2D eigenvalue weighted by Crippen LogP contribution is -2.42. The number of likely N-dealkylation sites (N-methyl/N-ethyl adjacent to an activating group) is 1. The van der Waals surface area contributed by atoms with E-state index < -0.39 is 11.9 Å². The van der Waals surface area contributed by atoms with Crippen molar-refractivity contribution in [1.29, 1.82) is 0 Å². The molecule has 106 valence electrons. The summed E-state index contributed by atoms with van der Waals surface area (Å²) in [6, 6.07) is -0.371. The molecule has 6 nitrogen and oxygen atoms in total. The van der Waals surface area contributed by atoms with Gasteiger partial charge >= 0.3 is 12.0 Å². The van der Waals surface area contributed by atoms with Crippen LogP contribution in [0, 0.1) is 11.3 Å². The minimum Gasteiger partial charge on any atom is -0.481 e. The van der Waals surface area contributed by atoms with Crippen LogP contribution in [0.4, 0.5) is 4.79 Å². The van der Waals surface area contributed by atoms with Gasteiger partial charge in [-0.3, -0.25) is 4.79 Å². The van der Waals surface area contributed by atoms with Crippen molar-refractivity contribution in [3.8, 4) is 0 Å². The fourth-order valence-corrected chi connectivity index (χ4v) is 1.58. The van der Waals surface area contributed by atoms with E-state index in [1.54, 1.807) is 7.05 Å². The van der Waals surface area contributed by atoms with Crippen molar-refractivity contribution in [2.75, 3.05) is 26.7 Å². The number of carbonyl (C=O) groups is 2. The van der Waals surface area contributed by atoms with Crippen LogP contribution in [-0.2, 0) is 4.79 Å². The Morgan fingerprint density at radius 1 is 1.33 bits per heavy atom. The van der Waals surface area contributed by atoms with Crippen molar-refractivity contribution in [3.05, 3.63) is 0 Å². The number of amides is 2. The Bertz CT molecular complexity index is 286. The summed E-state index contributed by atoms with van der Waals surface area (Å²) in [6.07, 6.45) is 0.492. The fourth-order valence-electron chi connectivity index (χ4n) is 1.58. The van der Waals surface area contributed by atoms with Crippen LogP contribution in [0.1, 0.15) is 27.2 Å². The number of rotatable bonds is 6.